The van der Waals surface area contributed by atoms with Crippen molar-refractivity contribution in [2.45, 2.75) is 13.1 Å². The Morgan fingerprint density at radius 2 is 1.81 bits per heavy atom. The van der Waals surface area contributed by atoms with Crippen LogP contribution in [0.15, 0.2) is 34.9 Å². The first-order chi connectivity index (χ1) is 12.7. The molecule has 0 saturated carbocycles. The highest BCUT2D eigenvalue weighted by molar-refractivity contribution is 6.35. The van der Waals surface area contributed by atoms with Crippen LogP contribution in [-0.2, 0) is 6.18 Å². The Morgan fingerprint density at radius 1 is 1.11 bits per heavy atom. The van der Waals surface area contributed by atoms with E-state index < -0.39 is 17.7 Å². The largest absolute Gasteiger partial charge is 0.433 e. The highest BCUT2D eigenvalue weighted by atomic mass is 35.5. The first kappa shape index (κ1) is 17.4. The van der Waals surface area contributed by atoms with Crippen molar-refractivity contribution in [3.8, 4) is 23.0 Å². The maximum Gasteiger partial charge on any atom is 0.433 e. The fourth-order valence-corrected chi connectivity index (χ4v) is 2.73. The normalized spacial score (nSPS) is 12.1. The standard InChI is InChI=1S/C16H8ClF4N5O/c1-7-6-10(16(19,20)21)26-14(22-7)11(17)12(24-26)15-23-13(25-27-15)8-2-4-9(18)5-3-8/h2-6H,1H3. The first-order valence-corrected chi connectivity index (χ1v) is 7.85. The molecule has 3 heterocycles. The van der Waals surface area contributed by atoms with E-state index >= 15 is 0 Å². The van der Waals surface area contributed by atoms with Gasteiger partial charge in [0.15, 0.2) is 11.3 Å². The second-order valence-corrected chi connectivity index (χ2v) is 5.99. The fraction of sp³-hybridized carbons (Fsp3) is 0.125. The average molecular weight is 398 g/mol. The topological polar surface area (TPSA) is 69.1 Å². The van der Waals surface area contributed by atoms with Gasteiger partial charge in [-0.05, 0) is 37.3 Å². The van der Waals surface area contributed by atoms with E-state index in [1.165, 1.54) is 31.2 Å². The summed E-state index contributed by atoms with van der Waals surface area (Å²) in [7, 11) is 0. The summed E-state index contributed by atoms with van der Waals surface area (Å²) in [5.74, 6) is -0.513. The van der Waals surface area contributed by atoms with Crippen LogP contribution in [0.4, 0.5) is 17.6 Å². The second-order valence-electron chi connectivity index (χ2n) is 5.61. The van der Waals surface area contributed by atoms with E-state index in [9.17, 15) is 17.6 Å². The molecular weight excluding hydrogens is 390 g/mol. The average Bonchev–Trinajstić information content (AvgIpc) is 3.20. The molecule has 0 aliphatic carbocycles. The Morgan fingerprint density at radius 3 is 2.48 bits per heavy atom. The summed E-state index contributed by atoms with van der Waals surface area (Å²) in [5.41, 5.74) is -0.769. The molecule has 0 bridgehead atoms. The minimum absolute atomic E-state index is 0.110. The van der Waals surface area contributed by atoms with E-state index in [0.717, 1.165) is 6.07 Å². The molecule has 0 fully saturated rings. The molecule has 27 heavy (non-hydrogen) atoms. The molecule has 0 atom stereocenters. The van der Waals surface area contributed by atoms with Gasteiger partial charge in [0.25, 0.3) is 5.89 Å². The highest BCUT2D eigenvalue weighted by Crippen LogP contribution is 2.35. The lowest BCUT2D eigenvalue weighted by Crippen LogP contribution is -2.13. The van der Waals surface area contributed by atoms with Crippen molar-refractivity contribution in [1.82, 2.24) is 24.7 Å². The van der Waals surface area contributed by atoms with Crippen molar-refractivity contribution in [1.29, 1.82) is 0 Å². The van der Waals surface area contributed by atoms with Crippen LogP contribution in [0.5, 0.6) is 0 Å². The SMILES string of the molecule is Cc1cc(C(F)(F)F)n2nc(-c3nc(-c4ccc(F)cc4)no3)c(Cl)c2n1. The molecule has 4 rings (SSSR count). The van der Waals surface area contributed by atoms with Crippen molar-refractivity contribution >= 4 is 17.2 Å². The van der Waals surface area contributed by atoms with Gasteiger partial charge in [-0.3, -0.25) is 0 Å². The minimum Gasteiger partial charge on any atom is -0.332 e. The Kier molecular flexibility index (Phi) is 3.88. The molecule has 0 saturated heterocycles. The van der Waals surface area contributed by atoms with E-state index in [-0.39, 0.29) is 33.8 Å². The lowest BCUT2D eigenvalue weighted by Gasteiger charge is -2.09. The summed E-state index contributed by atoms with van der Waals surface area (Å²) in [6, 6.07) is 6.15. The summed E-state index contributed by atoms with van der Waals surface area (Å²) in [4.78, 5) is 8.09. The van der Waals surface area contributed by atoms with Gasteiger partial charge in [-0.1, -0.05) is 16.8 Å². The lowest BCUT2D eigenvalue weighted by molar-refractivity contribution is -0.142. The third-order valence-corrected chi connectivity index (χ3v) is 4.03. The van der Waals surface area contributed by atoms with Crippen molar-refractivity contribution in [2.75, 3.05) is 0 Å². The van der Waals surface area contributed by atoms with E-state index in [1.807, 2.05) is 0 Å². The fourth-order valence-electron chi connectivity index (χ4n) is 2.49. The molecule has 138 valence electrons. The number of rotatable bonds is 2. The van der Waals surface area contributed by atoms with E-state index in [1.54, 1.807) is 0 Å². The lowest BCUT2D eigenvalue weighted by atomic mass is 10.2. The molecule has 1 aromatic carbocycles. The van der Waals surface area contributed by atoms with Crippen LogP contribution in [0.1, 0.15) is 11.4 Å². The van der Waals surface area contributed by atoms with Crippen LogP contribution in [0.25, 0.3) is 28.6 Å². The predicted octanol–water partition coefficient (Wildman–Crippen LogP) is 4.57. The molecule has 0 aliphatic rings. The molecule has 4 aromatic rings. The van der Waals surface area contributed by atoms with Crippen LogP contribution in [0, 0.1) is 12.7 Å². The van der Waals surface area contributed by atoms with E-state index in [2.05, 4.69) is 20.2 Å². The van der Waals surface area contributed by atoms with Crippen LogP contribution >= 0.6 is 11.6 Å². The van der Waals surface area contributed by atoms with Crippen molar-refractivity contribution < 1.29 is 22.1 Å². The summed E-state index contributed by atoms with van der Waals surface area (Å²) in [6.07, 6.45) is -4.66. The summed E-state index contributed by atoms with van der Waals surface area (Å²) >= 11 is 6.17. The van der Waals surface area contributed by atoms with Gasteiger partial charge in [0.1, 0.15) is 16.5 Å². The van der Waals surface area contributed by atoms with Gasteiger partial charge in [-0.2, -0.15) is 23.3 Å². The Labute approximate surface area is 153 Å². The summed E-state index contributed by atoms with van der Waals surface area (Å²) in [5, 5.41) is 7.44. The number of benzene rings is 1. The van der Waals surface area contributed by atoms with E-state index in [0.29, 0.717) is 10.1 Å². The molecule has 0 unspecified atom stereocenters. The van der Waals surface area contributed by atoms with Crippen LogP contribution in [-0.4, -0.2) is 24.7 Å². The van der Waals surface area contributed by atoms with Gasteiger partial charge in [-0.15, -0.1) is 0 Å². The molecule has 0 amide bonds. The Bertz CT molecular complexity index is 1150. The van der Waals surface area contributed by atoms with Crippen molar-refractivity contribution in [3.63, 3.8) is 0 Å². The number of fused-ring (bicyclic) bond motifs is 1. The zero-order chi connectivity index (χ0) is 19.3. The minimum atomic E-state index is -4.66. The zero-order valence-corrected chi connectivity index (χ0v) is 14.2. The second kappa shape index (κ2) is 6.02. The molecule has 3 aromatic heterocycles. The number of hydrogen-bond acceptors (Lipinski definition) is 5. The van der Waals surface area contributed by atoms with Crippen LogP contribution < -0.4 is 0 Å². The molecule has 11 heteroatoms. The van der Waals surface area contributed by atoms with Gasteiger partial charge in [0.2, 0.25) is 5.82 Å². The summed E-state index contributed by atoms with van der Waals surface area (Å²) < 4.78 is 58.5. The maximum atomic E-state index is 13.3. The van der Waals surface area contributed by atoms with Crippen molar-refractivity contribution in [2.24, 2.45) is 0 Å². The van der Waals surface area contributed by atoms with Gasteiger partial charge in [0.05, 0.1) is 0 Å². The predicted molar refractivity (Wildman–Crippen MR) is 86.4 cm³/mol. The number of nitrogens with zero attached hydrogens (tertiary/aromatic N) is 5. The molecule has 6 nitrogen and oxygen atoms in total. The van der Waals surface area contributed by atoms with Gasteiger partial charge < -0.3 is 4.52 Å². The molecule has 0 spiro atoms. The quantitative estimate of drug-likeness (QED) is 0.464. The number of aromatic nitrogens is 5. The zero-order valence-electron chi connectivity index (χ0n) is 13.4. The molecular formula is C16H8ClF4N5O. The number of hydrogen-bond donors (Lipinski definition) is 0. The van der Waals surface area contributed by atoms with Crippen LogP contribution in [0.2, 0.25) is 5.02 Å². The van der Waals surface area contributed by atoms with Gasteiger partial charge >= 0.3 is 6.18 Å². The van der Waals surface area contributed by atoms with Crippen molar-refractivity contribution in [3.05, 3.63) is 52.6 Å². The Hall–Kier alpha value is -3.01. The Balaban J connectivity index is 1.86. The maximum absolute atomic E-state index is 13.3. The number of aryl methyl sites for hydroxylation is 1. The third-order valence-electron chi connectivity index (χ3n) is 3.68. The van der Waals surface area contributed by atoms with Crippen LogP contribution in [0.3, 0.4) is 0 Å². The molecule has 0 N–H and O–H groups in total. The number of halogens is 5. The third kappa shape index (κ3) is 3.01. The monoisotopic (exact) mass is 397 g/mol. The van der Waals surface area contributed by atoms with E-state index in [4.69, 9.17) is 16.1 Å². The number of alkyl halides is 3. The first-order valence-electron chi connectivity index (χ1n) is 7.47. The smallest absolute Gasteiger partial charge is 0.332 e. The van der Waals surface area contributed by atoms with Gasteiger partial charge in [0, 0.05) is 11.3 Å². The van der Waals surface area contributed by atoms with Gasteiger partial charge in [-0.25, -0.2) is 13.9 Å². The summed E-state index contributed by atoms with van der Waals surface area (Å²) in [6.45, 7) is 1.41. The molecule has 0 radical (unpaired) electrons. The molecule has 0 aliphatic heterocycles. The highest BCUT2D eigenvalue weighted by Gasteiger charge is 2.36.